The van der Waals surface area contributed by atoms with Gasteiger partial charge in [0.25, 0.3) is 0 Å². The van der Waals surface area contributed by atoms with E-state index in [0.717, 1.165) is 56.9 Å². The van der Waals surface area contributed by atoms with E-state index in [1.807, 2.05) is 12.1 Å². The van der Waals surface area contributed by atoms with Gasteiger partial charge in [-0.05, 0) is 39.2 Å². The molecule has 7 heteroatoms. The number of piperazine rings is 1. The average Bonchev–Trinajstić information content (AvgIpc) is 2.74. The zero-order chi connectivity index (χ0) is 21.7. The number of amides is 1. The predicted molar refractivity (Wildman–Crippen MR) is 117 cm³/mol. The van der Waals surface area contributed by atoms with Crippen molar-refractivity contribution in [3.63, 3.8) is 0 Å². The second kappa shape index (κ2) is 10.4. The molecule has 2 atom stereocenters. The molecule has 1 aromatic carbocycles. The van der Waals surface area contributed by atoms with E-state index in [4.69, 9.17) is 14.2 Å². The fraction of sp³-hybridized carbons (Fsp3) is 0.696. The second-order valence-electron chi connectivity index (χ2n) is 8.48. The van der Waals surface area contributed by atoms with E-state index in [2.05, 4.69) is 28.5 Å². The summed E-state index contributed by atoms with van der Waals surface area (Å²) >= 11 is 0. The largest absolute Gasteiger partial charge is 0.493 e. The average molecular weight is 420 g/mol. The van der Waals surface area contributed by atoms with Crippen LogP contribution in [-0.2, 0) is 11.3 Å². The van der Waals surface area contributed by atoms with Crippen molar-refractivity contribution in [3.8, 4) is 17.2 Å². The van der Waals surface area contributed by atoms with Crippen molar-refractivity contribution in [2.75, 3.05) is 54.1 Å². The van der Waals surface area contributed by atoms with Gasteiger partial charge in [0.15, 0.2) is 11.5 Å². The summed E-state index contributed by atoms with van der Waals surface area (Å²) in [6.45, 7) is 9.33. The zero-order valence-electron chi connectivity index (χ0n) is 19.1. The Hall–Kier alpha value is -1.99. The lowest BCUT2D eigenvalue weighted by molar-refractivity contribution is -0.139. The maximum absolute atomic E-state index is 12.9. The Morgan fingerprint density at radius 1 is 0.900 bits per heavy atom. The minimum atomic E-state index is 0.282. The molecule has 0 aliphatic carbocycles. The molecule has 2 heterocycles. The molecule has 0 radical (unpaired) electrons. The quantitative estimate of drug-likeness (QED) is 0.677. The van der Waals surface area contributed by atoms with Crippen molar-refractivity contribution in [2.45, 2.75) is 51.7 Å². The highest BCUT2D eigenvalue weighted by Gasteiger charge is 2.30. The number of rotatable bonds is 7. The Morgan fingerprint density at radius 2 is 1.50 bits per heavy atom. The summed E-state index contributed by atoms with van der Waals surface area (Å²) in [4.78, 5) is 19.7. The number of likely N-dealkylation sites (tertiary alicyclic amines) is 1. The first-order valence-electron chi connectivity index (χ1n) is 11.0. The number of piperidine rings is 1. The van der Waals surface area contributed by atoms with Crippen LogP contribution in [0.5, 0.6) is 17.2 Å². The number of methoxy groups -OCH3 is 3. The van der Waals surface area contributed by atoms with Gasteiger partial charge < -0.3 is 19.1 Å². The standard InChI is InChI=1S/C23H37N3O4/c1-17-7-6-8-18(2)26(17)21(27)16-25-13-11-24(12-14-25)15-19-9-10-20(28-3)23(30-5)22(19)29-4/h9-10,17-18H,6-8,11-16H2,1-5H3/t17-,18-/m0/s1. The Bertz CT molecular complexity index is 709. The molecular formula is C23H37N3O4. The van der Waals surface area contributed by atoms with Gasteiger partial charge in [0.2, 0.25) is 11.7 Å². The van der Waals surface area contributed by atoms with Crippen molar-refractivity contribution < 1.29 is 19.0 Å². The molecule has 0 aromatic heterocycles. The zero-order valence-corrected chi connectivity index (χ0v) is 19.1. The molecule has 2 aliphatic rings. The Labute approximate surface area is 180 Å². The second-order valence-corrected chi connectivity index (χ2v) is 8.48. The van der Waals surface area contributed by atoms with E-state index in [9.17, 15) is 4.79 Å². The van der Waals surface area contributed by atoms with Crippen LogP contribution in [0.1, 0.15) is 38.7 Å². The monoisotopic (exact) mass is 419 g/mol. The molecule has 2 saturated heterocycles. The van der Waals surface area contributed by atoms with Crippen molar-refractivity contribution in [1.29, 1.82) is 0 Å². The third-order valence-corrected chi connectivity index (χ3v) is 6.48. The highest BCUT2D eigenvalue weighted by molar-refractivity contribution is 5.79. The van der Waals surface area contributed by atoms with E-state index in [-0.39, 0.29) is 5.91 Å². The van der Waals surface area contributed by atoms with Crippen LogP contribution in [0.25, 0.3) is 0 Å². The number of hydrogen-bond acceptors (Lipinski definition) is 6. The molecule has 0 bridgehead atoms. The van der Waals surface area contributed by atoms with E-state index < -0.39 is 0 Å². The summed E-state index contributed by atoms with van der Waals surface area (Å²) in [6, 6.07) is 4.68. The van der Waals surface area contributed by atoms with Crippen molar-refractivity contribution >= 4 is 5.91 Å². The van der Waals surface area contributed by atoms with Crippen LogP contribution >= 0.6 is 0 Å². The molecule has 0 saturated carbocycles. The first-order chi connectivity index (χ1) is 14.5. The number of ether oxygens (including phenoxy) is 3. The van der Waals surface area contributed by atoms with Crippen LogP contribution in [-0.4, -0.2) is 86.7 Å². The molecule has 0 unspecified atom stereocenters. The summed E-state index contributed by atoms with van der Waals surface area (Å²) < 4.78 is 16.5. The van der Waals surface area contributed by atoms with Crippen molar-refractivity contribution in [2.24, 2.45) is 0 Å². The van der Waals surface area contributed by atoms with Crippen LogP contribution in [0, 0.1) is 0 Å². The van der Waals surface area contributed by atoms with Gasteiger partial charge in [0.1, 0.15) is 0 Å². The lowest BCUT2D eigenvalue weighted by atomic mass is 9.97. The van der Waals surface area contributed by atoms with Gasteiger partial charge in [0.05, 0.1) is 27.9 Å². The fourth-order valence-electron chi connectivity index (χ4n) is 4.82. The SMILES string of the molecule is COc1ccc(CN2CCN(CC(=O)N3[C@@H](C)CCC[C@@H]3C)CC2)c(OC)c1OC. The van der Waals surface area contributed by atoms with Gasteiger partial charge in [-0.25, -0.2) is 0 Å². The lowest BCUT2D eigenvalue weighted by Gasteiger charge is -2.41. The molecule has 3 rings (SSSR count). The van der Waals surface area contributed by atoms with Crippen LogP contribution in [0.4, 0.5) is 0 Å². The first-order valence-corrected chi connectivity index (χ1v) is 11.0. The number of carbonyl (C=O) groups excluding carboxylic acids is 1. The number of hydrogen-bond donors (Lipinski definition) is 0. The van der Waals surface area contributed by atoms with Crippen molar-refractivity contribution in [3.05, 3.63) is 17.7 Å². The lowest BCUT2D eigenvalue weighted by Crippen LogP contribution is -2.54. The summed E-state index contributed by atoms with van der Waals surface area (Å²) in [5, 5.41) is 0. The highest BCUT2D eigenvalue weighted by atomic mass is 16.5. The summed E-state index contributed by atoms with van der Waals surface area (Å²) in [7, 11) is 4.92. The molecular weight excluding hydrogens is 382 g/mol. The molecule has 168 valence electrons. The highest BCUT2D eigenvalue weighted by Crippen LogP contribution is 2.40. The first kappa shape index (κ1) is 22.7. The van der Waals surface area contributed by atoms with Crippen molar-refractivity contribution in [1.82, 2.24) is 14.7 Å². The molecule has 2 fully saturated rings. The summed E-state index contributed by atoms with van der Waals surface area (Å²) in [5.41, 5.74) is 1.08. The normalized spacial score (nSPS) is 23.3. The van der Waals surface area contributed by atoms with E-state index >= 15 is 0 Å². The topological polar surface area (TPSA) is 54.5 Å². The smallest absolute Gasteiger partial charge is 0.237 e. The van der Waals surface area contributed by atoms with Gasteiger partial charge in [-0.3, -0.25) is 14.6 Å². The maximum atomic E-state index is 12.9. The Morgan fingerprint density at radius 3 is 2.07 bits per heavy atom. The summed E-state index contributed by atoms with van der Waals surface area (Å²) in [6.07, 6.45) is 3.47. The van der Waals surface area contributed by atoms with Gasteiger partial charge in [0, 0.05) is 50.4 Å². The van der Waals surface area contributed by atoms with E-state index in [0.29, 0.717) is 30.1 Å². The van der Waals surface area contributed by atoms with Gasteiger partial charge in [-0.1, -0.05) is 6.07 Å². The third kappa shape index (κ3) is 5.01. The number of benzene rings is 1. The van der Waals surface area contributed by atoms with Crippen LogP contribution in [0.15, 0.2) is 12.1 Å². The Balaban J connectivity index is 1.55. The van der Waals surface area contributed by atoms with Crippen LogP contribution in [0.3, 0.4) is 0 Å². The van der Waals surface area contributed by atoms with Gasteiger partial charge >= 0.3 is 0 Å². The molecule has 1 aromatic rings. The van der Waals surface area contributed by atoms with E-state index in [1.54, 1.807) is 21.3 Å². The molecule has 2 aliphatic heterocycles. The summed E-state index contributed by atoms with van der Waals surface area (Å²) in [5.74, 6) is 2.31. The molecule has 7 nitrogen and oxygen atoms in total. The minimum Gasteiger partial charge on any atom is -0.493 e. The molecule has 30 heavy (non-hydrogen) atoms. The number of carbonyl (C=O) groups is 1. The fourth-order valence-corrected chi connectivity index (χ4v) is 4.82. The molecule has 0 spiro atoms. The van der Waals surface area contributed by atoms with Gasteiger partial charge in [-0.15, -0.1) is 0 Å². The maximum Gasteiger partial charge on any atom is 0.237 e. The van der Waals surface area contributed by atoms with E-state index in [1.165, 1.54) is 6.42 Å². The predicted octanol–water partition coefficient (Wildman–Crippen LogP) is 2.62. The van der Waals surface area contributed by atoms with Crippen LogP contribution < -0.4 is 14.2 Å². The Kier molecular flexibility index (Phi) is 7.83. The third-order valence-electron chi connectivity index (χ3n) is 6.48. The van der Waals surface area contributed by atoms with Gasteiger partial charge in [-0.2, -0.15) is 0 Å². The number of nitrogens with zero attached hydrogens (tertiary/aromatic N) is 3. The van der Waals surface area contributed by atoms with Crippen LogP contribution in [0.2, 0.25) is 0 Å². The minimum absolute atomic E-state index is 0.282. The molecule has 0 N–H and O–H groups in total. The molecule has 1 amide bonds.